The Bertz CT molecular complexity index is 578. The van der Waals surface area contributed by atoms with Gasteiger partial charge in [0.15, 0.2) is 5.78 Å². The highest BCUT2D eigenvalue weighted by Gasteiger charge is 2.19. The quantitative estimate of drug-likeness (QED) is 0.608. The van der Waals surface area contributed by atoms with Crippen LogP contribution in [0.15, 0.2) is 30.9 Å². The summed E-state index contributed by atoms with van der Waals surface area (Å²) in [6.45, 7) is 3.90. The molecule has 5 heteroatoms. The maximum atomic E-state index is 12.0. The van der Waals surface area contributed by atoms with Gasteiger partial charge in [-0.25, -0.2) is 0 Å². The van der Waals surface area contributed by atoms with Crippen LogP contribution in [0, 0.1) is 0 Å². The molecule has 0 saturated heterocycles. The molecule has 0 aliphatic carbocycles. The fraction of sp³-hybridized carbons (Fsp3) is 0.267. The van der Waals surface area contributed by atoms with Gasteiger partial charge in [-0.2, -0.15) is 0 Å². The molecule has 0 spiro atoms. The van der Waals surface area contributed by atoms with Gasteiger partial charge < -0.3 is 10.6 Å². The molecule has 1 aliphatic rings. The van der Waals surface area contributed by atoms with Crippen LogP contribution in [-0.4, -0.2) is 24.1 Å². The Hall–Kier alpha value is -2.43. The Morgan fingerprint density at radius 1 is 1.35 bits per heavy atom. The second kappa shape index (κ2) is 6.14. The predicted molar refractivity (Wildman–Crippen MR) is 75.5 cm³/mol. The summed E-state index contributed by atoms with van der Waals surface area (Å²) in [7, 11) is 0. The molecule has 1 aliphatic heterocycles. The lowest BCUT2D eigenvalue weighted by Gasteiger charge is -2.04. The first-order valence-electron chi connectivity index (χ1n) is 6.43. The number of fused-ring (bicyclic) bond motifs is 1. The molecule has 20 heavy (non-hydrogen) atoms. The molecule has 0 unspecified atom stereocenters. The van der Waals surface area contributed by atoms with Gasteiger partial charge in [-0.1, -0.05) is 6.08 Å². The van der Waals surface area contributed by atoms with Gasteiger partial charge in [0.25, 0.3) is 0 Å². The SMILES string of the molecule is C=CCNC(=O)CCC(=O)c1ccc2c(c1)CC(=O)N2. The first-order chi connectivity index (χ1) is 9.60. The Balaban J connectivity index is 1.93. The van der Waals surface area contributed by atoms with Crippen LogP contribution in [0.2, 0.25) is 0 Å². The van der Waals surface area contributed by atoms with E-state index in [1.807, 2.05) is 0 Å². The predicted octanol–water partition coefficient (Wildman–Crippen LogP) is 1.45. The highest BCUT2D eigenvalue weighted by Crippen LogP contribution is 2.24. The van der Waals surface area contributed by atoms with E-state index in [0.29, 0.717) is 18.5 Å². The number of carbonyl (C=O) groups is 3. The molecule has 0 bridgehead atoms. The fourth-order valence-corrected chi connectivity index (χ4v) is 2.05. The third kappa shape index (κ3) is 3.32. The topological polar surface area (TPSA) is 75.3 Å². The molecule has 1 aromatic carbocycles. The van der Waals surface area contributed by atoms with Crippen LogP contribution in [0.4, 0.5) is 5.69 Å². The number of Topliss-reactive ketones (excluding diaryl/α,β-unsaturated/α-hetero) is 1. The molecule has 0 radical (unpaired) electrons. The Labute approximate surface area is 117 Å². The third-order valence-corrected chi connectivity index (χ3v) is 3.08. The van der Waals surface area contributed by atoms with Crippen LogP contribution in [0.25, 0.3) is 0 Å². The molecular formula is C15H16N2O3. The number of rotatable bonds is 6. The molecule has 104 valence electrons. The summed E-state index contributed by atoms with van der Waals surface area (Å²) in [4.78, 5) is 34.6. The number of benzene rings is 1. The highest BCUT2D eigenvalue weighted by atomic mass is 16.2. The maximum Gasteiger partial charge on any atom is 0.228 e. The number of nitrogens with one attached hydrogen (secondary N) is 2. The number of ketones is 1. The second-order valence-corrected chi connectivity index (χ2v) is 4.61. The monoisotopic (exact) mass is 272 g/mol. The smallest absolute Gasteiger partial charge is 0.228 e. The van der Waals surface area contributed by atoms with E-state index in [1.165, 1.54) is 0 Å². The average molecular weight is 272 g/mol. The van der Waals surface area contributed by atoms with Gasteiger partial charge in [-0.15, -0.1) is 6.58 Å². The lowest BCUT2D eigenvalue weighted by molar-refractivity contribution is -0.120. The Morgan fingerprint density at radius 3 is 2.90 bits per heavy atom. The first-order valence-corrected chi connectivity index (χ1v) is 6.43. The van der Waals surface area contributed by atoms with Gasteiger partial charge >= 0.3 is 0 Å². The third-order valence-electron chi connectivity index (χ3n) is 3.08. The summed E-state index contributed by atoms with van der Waals surface area (Å²) < 4.78 is 0. The molecule has 0 fully saturated rings. The normalized spacial score (nSPS) is 12.5. The number of carbonyl (C=O) groups excluding carboxylic acids is 3. The van der Waals surface area contributed by atoms with Gasteiger partial charge in [0.2, 0.25) is 11.8 Å². The Kier molecular flexibility index (Phi) is 4.30. The van der Waals surface area contributed by atoms with Crippen LogP contribution in [0.1, 0.15) is 28.8 Å². The molecule has 5 nitrogen and oxygen atoms in total. The largest absolute Gasteiger partial charge is 0.353 e. The van der Waals surface area contributed by atoms with Crippen LogP contribution < -0.4 is 10.6 Å². The summed E-state index contributed by atoms with van der Waals surface area (Å²) in [5.74, 6) is -0.328. The van der Waals surface area contributed by atoms with Crippen molar-refractivity contribution in [2.75, 3.05) is 11.9 Å². The minimum atomic E-state index is -0.170. The van der Waals surface area contributed by atoms with Crippen molar-refractivity contribution in [1.82, 2.24) is 5.32 Å². The Morgan fingerprint density at radius 2 is 2.15 bits per heavy atom. The first kappa shape index (κ1) is 14.0. The van der Waals surface area contributed by atoms with Gasteiger partial charge in [0.05, 0.1) is 6.42 Å². The van der Waals surface area contributed by atoms with Crippen molar-refractivity contribution in [3.63, 3.8) is 0 Å². The second-order valence-electron chi connectivity index (χ2n) is 4.61. The van der Waals surface area contributed by atoms with Crippen LogP contribution in [0.3, 0.4) is 0 Å². The average Bonchev–Trinajstić information content (AvgIpc) is 2.81. The van der Waals surface area contributed by atoms with E-state index in [9.17, 15) is 14.4 Å². The molecule has 1 heterocycles. The maximum absolute atomic E-state index is 12.0. The molecule has 0 atom stereocenters. The van der Waals surface area contributed by atoms with E-state index < -0.39 is 0 Å². The molecule has 2 amide bonds. The minimum absolute atomic E-state index is 0.0617. The van der Waals surface area contributed by atoms with Crippen LogP contribution in [0.5, 0.6) is 0 Å². The molecular weight excluding hydrogens is 256 g/mol. The molecule has 2 rings (SSSR count). The van der Waals surface area contributed by atoms with E-state index in [4.69, 9.17) is 0 Å². The van der Waals surface area contributed by atoms with E-state index >= 15 is 0 Å². The number of hydrogen-bond acceptors (Lipinski definition) is 3. The lowest BCUT2D eigenvalue weighted by Crippen LogP contribution is -2.23. The van der Waals surface area contributed by atoms with Gasteiger partial charge in [-0.05, 0) is 23.8 Å². The lowest BCUT2D eigenvalue weighted by atomic mass is 10.0. The fourth-order valence-electron chi connectivity index (χ4n) is 2.05. The van der Waals surface area contributed by atoms with Crippen molar-refractivity contribution < 1.29 is 14.4 Å². The van der Waals surface area contributed by atoms with Gasteiger partial charge in [-0.3, -0.25) is 14.4 Å². The van der Waals surface area contributed by atoms with Crippen molar-refractivity contribution in [2.24, 2.45) is 0 Å². The van der Waals surface area contributed by atoms with Crippen molar-refractivity contribution in [1.29, 1.82) is 0 Å². The van der Waals surface area contributed by atoms with E-state index in [2.05, 4.69) is 17.2 Å². The summed E-state index contributed by atoms with van der Waals surface area (Å²) in [6.07, 6.45) is 2.20. The number of hydrogen-bond donors (Lipinski definition) is 2. The summed E-state index contributed by atoms with van der Waals surface area (Å²) in [5, 5.41) is 5.34. The molecule has 0 aromatic heterocycles. The van der Waals surface area contributed by atoms with Crippen molar-refractivity contribution >= 4 is 23.3 Å². The van der Waals surface area contributed by atoms with E-state index in [0.717, 1.165) is 11.3 Å². The van der Waals surface area contributed by atoms with Crippen LogP contribution in [-0.2, 0) is 16.0 Å². The molecule has 1 aromatic rings. The number of anilines is 1. The number of amides is 2. The van der Waals surface area contributed by atoms with Crippen molar-refractivity contribution in [3.8, 4) is 0 Å². The standard InChI is InChI=1S/C15H16N2O3/c1-2-7-16-14(19)6-5-13(18)10-3-4-12-11(8-10)9-15(20)17-12/h2-4,8H,1,5-7,9H2,(H,16,19)(H,17,20). The zero-order valence-electron chi connectivity index (χ0n) is 11.1. The van der Waals surface area contributed by atoms with Crippen molar-refractivity contribution in [2.45, 2.75) is 19.3 Å². The summed E-state index contributed by atoms with van der Waals surface area (Å²) in [5.41, 5.74) is 2.13. The minimum Gasteiger partial charge on any atom is -0.353 e. The molecule has 0 saturated carbocycles. The zero-order chi connectivity index (χ0) is 14.5. The zero-order valence-corrected chi connectivity index (χ0v) is 11.1. The molecule has 2 N–H and O–H groups in total. The van der Waals surface area contributed by atoms with E-state index in [1.54, 1.807) is 24.3 Å². The van der Waals surface area contributed by atoms with Gasteiger partial charge in [0, 0.05) is 30.6 Å². The summed E-state index contributed by atoms with van der Waals surface area (Å²) in [6, 6.07) is 5.12. The summed E-state index contributed by atoms with van der Waals surface area (Å²) >= 11 is 0. The van der Waals surface area contributed by atoms with Crippen molar-refractivity contribution in [3.05, 3.63) is 42.0 Å². The van der Waals surface area contributed by atoms with Gasteiger partial charge in [0.1, 0.15) is 0 Å². The van der Waals surface area contributed by atoms with E-state index in [-0.39, 0.29) is 30.4 Å². The van der Waals surface area contributed by atoms with Crippen LogP contribution >= 0.6 is 0 Å². The highest BCUT2D eigenvalue weighted by molar-refractivity contribution is 6.02.